The summed E-state index contributed by atoms with van der Waals surface area (Å²) in [5, 5.41) is 0. The van der Waals surface area contributed by atoms with E-state index in [0.717, 1.165) is 21.3 Å². The fourth-order valence-electron chi connectivity index (χ4n) is 2.07. The maximum atomic E-state index is 12.8. The molecular weight excluding hydrogens is 361 g/mol. The molecular formula is C18H17BrFNO2. The molecule has 2 rings (SSSR count). The van der Waals surface area contributed by atoms with Crippen molar-refractivity contribution in [3.8, 4) is 5.75 Å². The maximum absolute atomic E-state index is 12.8. The van der Waals surface area contributed by atoms with Crippen LogP contribution in [0.25, 0.3) is 6.08 Å². The van der Waals surface area contributed by atoms with Crippen molar-refractivity contribution in [3.05, 3.63) is 70.0 Å². The topological polar surface area (TPSA) is 29.5 Å². The van der Waals surface area contributed by atoms with E-state index in [4.69, 9.17) is 4.74 Å². The average Bonchev–Trinajstić information content (AvgIpc) is 2.54. The Balaban J connectivity index is 2.05. The van der Waals surface area contributed by atoms with Gasteiger partial charge in [-0.25, -0.2) is 4.39 Å². The van der Waals surface area contributed by atoms with Crippen LogP contribution in [-0.2, 0) is 11.3 Å². The minimum absolute atomic E-state index is 0.142. The molecule has 0 aromatic heterocycles. The monoisotopic (exact) mass is 377 g/mol. The van der Waals surface area contributed by atoms with Crippen LogP contribution < -0.4 is 4.74 Å². The summed E-state index contributed by atoms with van der Waals surface area (Å²) in [7, 11) is 3.32. The van der Waals surface area contributed by atoms with Gasteiger partial charge in [-0.15, -0.1) is 0 Å². The van der Waals surface area contributed by atoms with E-state index in [2.05, 4.69) is 15.9 Å². The molecule has 0 heterocycles. The van der Waals surface area contributed by atoms with Gasteiger partial charge in [0.15, 0.2) is 0 Å². The first kappa shape index (κ1) is 17.2. The Hall–Kier alpha value is -2.14. The Kier molecular flexibility index (Phi) is 5.93. The molecule has 0 saturated heterocycles. The first-order valence-electron chi connectivity index (χ1n) is 7.01. The number of carbonyl (C=O) groups excluding carboxylic acids is 1. The number of methoxy groups -OCH3 is 1. The fourth-order valence-corrected chi connectivity index (χ4v) is 2.48. The number of rotatable bonds is 5. The summed E-state index contributed by atoms with van der Waals surface area (Å²) >= 11 is 3.42. The molecule has 0 saturated carbocycles. The summed E-state index contributed by atoms with van der Waals surface area (Å²) in [5.41, 5.74) is 1.68. The number of ether oxygens (including phenoxy) is 1. The second kappa shape index (κ2) is 7.92. The van der Waals surface area contributed by atoms with Gasteiger partial charge in [-0.2, -0.15) is 0 Å². The Morgan fingerprint density at radius 3 is 2.61 bits per heavy atom. The molecule has 120 valence electrons. The summed E-state index contributed by atoms with van der Waals surface area (Å²) in [6.45, 7) is 0.426. The third-order valence-corrected chi connectivity index (χ3v) is 3.81. The number of nitrogens with zero attached hydrogens (tertiary/aromatic N) is 1. The van der Waals surface area contributed by atoms with Crippen LogP contribution in [0.1, 0.15) is 11.1 Å². The molecule has 0 aliphatic rings. The number of likely N-dealkylation sites (N-methyl/N-ethyl adjacent to an activating group) is 1. The summed E-state index contributed by atoms with van der Waals surface area (Å²) in [5.74, 6) is 0.291. The molecule has 0 aliphatic carbocycles. The molecule has 2 aromatic rings. The van der Waals surface area contributed by atoms with Crippen LogP contribution in [0.3, 0.4) is 0 Å². The number of hydrogen-bond donors (Lipinski definition) is 0. The standard InChI is InChI=1S/C18H17BrFNO2/c1-21(12-14-11-15(19)6-9-17(14)23-2)18(22)10-5-13-3-7-16(20)8-4-13/h3-11H,12H2,1-2H3. The molecule has 2 aromatic carbocycles. The molecule has 0 bridgehead atoms. The zero-order chi connectivity index (χ0) is 16.8. The summed E-state index contributed by atoms with van der Waals surface area (Å²) < 4.78 is 19.1. The molecule has 0 radical (unpaired) electrons. The maximum Gasteiger partial charge on any atom is 0.246 e. The van der Waals surface area contributed by atoms with Gasteiger partial charge in [0.05, 0.1) is 7.11 Å². The fraction of sp³-hybridized carbons (Fsp3) is 0.167. The lowest BCUT2D eigenvalue weighted by Crippen LogP contribution is -2.24. The molecule has 3 nitrogen and oxygen atoms in total. The molecule has 0 fully saturated rings. The van der Waals surface area contributed by atoms with E-state index in [-0.39, 0.29) is 11.7 Å². The second-order valence-corrected chi connectivity index (χ2v) is 5.95. The Labute approximate surface area is 143 Å². The van der Waals surface area contributed by atoms with Gasteiger partial charge in [-0.1, -0.05) is 28.1 Å². The van der Waals surface area contributed by atoms with Gasteiger partial charge in [0, 0.05) is 29.7 Å². The molecule has 0 aliphatic heterocycles. The highest BCUT2D eigenvalue weighted by atomic mass is 79.9. The van der Waals surface area contributed by atoms with Crippen molar-refractivity contribution in [3.63, 3.8) is 0 Å². The number of carbonyl (C=O) groups is 1. The number of halogens is 2. The van der Waals surface area contributed by atoms with Crippen LogP contribution >= 0.6 is 15.9 Å². The van der Waals surface area contributed by atoms with E-state index in [1.165, 1.54) is 18.2 Å². The average molecular weight is 378 g/mol. The van der Waals surface area contributed by atoms with Crippen LogP contribution in [0.4, 0.5) is 4.39 Å². The Morgan fingerprint density at radius 1 is 1.26 bits per heavy atom. The van der Waals surface area contributed by atoms with Gasteiger partial charge in [-0.3, -0.25) is 4.79 Å². The highest BCUT2D eigenvalue weighted by Gasteiger charge is 2.10. The van der Waals surface area contributed by atoms with E-state index < -0.39 is 0 Å². The van der Waals surface area contributed by atoms with Crippen molar-refractivity contribution in [1.29, 1.82) is 0 Å². The highest BCUT2D eigenvalue weighted by molar-refractivity contribution is 9.10. The first-order chi connectivity index (χ1) is 11.0. The molecule has 0 unspecified atom stereocenters. The minimum atomic E-state index is -0.299. The van der Waals surface area contributed by atoms with Crippen molar-refractivity contribution >= 4 is 27.9 Å². The lowest BCUT2D eigenvalue weighted by molar-refractivity contribution is -0.125. The van der Waals surface area contributed by atoms with Gasteiger partial charge in [0.2, 0.25) is 5.91 Å². The minimum Gasteiger partial charge on any atom is -0.496 e. The van der Waals surface area contributed by atoms with Crippen molar-refractivity contribution in [2.75, 3.05) is 14.2 Å². The number of amides is 1. The van der Waals surface area contributed by atoms with Crippen LogP contribution in [0, 0.1) is 5.82 Å². The predicted octanol–water partition coefficient (Wildman–Crippen LogP) is 4.27. The van der Waals surface area contributed by atoms with Crippen molar-refractivity contribution in [2.24, 2.45) is 0 Å². The van der Waals surface area contributed by atoms with Gasteiger partial charge in [-0.05, 0) is 42.0 Å². The normalized spacial score (nSPS) is 10.8. The van der Waals surface area contributed by atoms with Gasteiger partial charge in [0.1, 0.15) is 11.6 Å². The second-order valence-electron chi connectivity index (χ2n) is 5.04. The van der Waals surface area contributed by atoms with Crippen LogP contribution in [0.5, 0.6) is 5.75 Å². The largest absolute Gasteiger partial charge is 0.496 e. The lowest BCUT2D eigenvalue weighted by Gasteiger charge is -2.17. The predicted molar refractivity (Wildman–Crippen MR) is 92.6 cm³/mol. The van der Waals surface area contributed by atoms with Gasteiger partial charge >= 0.3 is 0 Å². The Morgan fingerprint density at radius 2 is 1.96 bits per heavy atom. The highest BCUT2D eigenvalue weighted by Crippen LogP contribution is 2.24. The quantitative estimate of drug-likeness (QED) is 0.728. The molecule has 23 heavy (non-hydrogen) atoms. The van der Waals surface area contributed by atoms with Crippen LogP contribution in [-0.4, -0.2) is 25.0 Å². The lowest BCUT2D eigenvalue weighted by atomic mass is 10.2. The van der Waals surface area contributed by atoms with Crippen molar-refractivity contribution < 1.29 is 13.9 Å². The van der Waals surface area contributed by atoms with E-state index in [1.54, 1.807) is 37.3 Å². The van der Waals surface area contributed by atoms with Gasteiger partial charge < -0.3 is 9.64 Å². The Bertz CT molecular complexity index is 713. The van der Waals surface area contributed by atoms with Crippen LogP contribution in [0.2, 0.25) is 0 Å². The van der Waals surface area contributed by atoms with E-state index in [9.17, 15) is 9.18 Å². The SMILES string of the molecule is COc1ccc(Br)cc1CN(C)C(=O)C=Cc1ccc(F)cc1. The molecule has 0 spiro atoms. The van der Waals surface area contributed by atoms with Gasteiger partial charge in [0.25, 0.3) is 0 Å². The van der Waals surface area contributed by atoms with E-state index in [0.29, 0.717) is 6.54 Å². The molecule has 1 amide bonds. The van der Waals surface area contributed by atoms with E-state index >= 15 is 0 Å². The third kappa shape index (κ3) is 4.93. The van der Waals surface area contributed by atoms with E-state index in [1.807, 2.05) is 18.2 Å². The third-order valence-electron chi connectivity index (χ3n) is 3.31. The first-order valence-corrected chi connectivity index (χ1v) is 7.80. The zero-order valence-corrected chi connectivity index (χ0v) is 14.5. The molecule has 0 N–H and O–H groups in total. The summed E-state index contributed by atoms with van der Waals surface area (Å²) in [6, 6.07) is 11.6. The van der Waals surface area contributed by atoms with Crippen LogP contribution in [0.15, 0.2) is 53.0 Å². The molecule has 0 atom stereocenters. The number of benzene rings is 2. The molecule has 5 heteroatoms. The van der Waals surface area contributed by atoms with Crippen molar-refractivity contribution in [1.82, 2.24) is 4.90 Å². The summed E-state index contributed by atoms with van der Waals surface area (Å²) in [6.07, 6.45) is 3.13. The van der Waals surface area contributed by atoms with Crippen molar-refractivity contribution in [2.45, 2.75) is 6.54 Å². The summed E-state index contributed by atoms with van der Waals surface area (Å²) in [4.78, 5) is 13.8. The number of hydrogen-bond acceptors (Lipinski definition) is 2. The smallest absolute Gasteiger partial charge is 0.246 e. The zero-order valence-electron chi connectivity index (χ0n) is 12.9.